The van der Waals surface area contributed by atoms with Gasteiger partial charge in [0.25, 0.3) is 0 Å². The fourth-order valence-electron chi connectivity index (χ4n) is 3.26. The average Bonchev–Trinajstić information content (AvgIpc) is 3.18. The Kier molecular flexibility index (Phi) is 6.38. The number of rotatable bonds is 9. The zero-order valence-electron chi connectivity index (χ0n) is 15.8. The molecule has 0 radical (unpaired) electrons. The smallest absolute Gasteiger partial charge is 0.132 e. The van der Waals surface area contributed by atoms with Crippen LogP contribution < -0.4 is 0 Å². The van der Waals surface area contributed by atoms with Crippen LogP contribution >= 0.6 is 0 Å². The van der Waals surface area contributed by atoms with Gasteiger partial charge in [-0.05, 0) is 41.8 Å². The first-order valence-corrected chi connectivity index (χ1v) is 9.69. The van der Waals surface area contributed by atoms with E-state index in [1.807, 2.05) is 37.4 Å². The van der Waals surface area contributed by atoms with Crippen LogP contribution in [0.3, 0.4) is 0 Å². The Balaban J connectivity index is 1.55. The maximum absolute atomic E-state index is 11.3. The molecule has 1 N–H and O–H groups in total. The second-order valence-electron chi connectivity index (χ2n) is 6.94. The van der Waals surface area contributed by atoms with Gasteiger partial charge in [-0.15, -0.1) is 0 Å². The molecule has 3 aromatic rings. The van der Waals surface area contributed by atoms with Gasteiger partial charge in [-0.2, -0.15) is 5.26 Å². The van der Waals surface area contributed by atoms with Crippen LogP contribution in [0, 0.1) is 11.3 Å². The molecule has 1 aromatic heterocycles. The van der Waals surface area contributed by atoms with Crippen LogP contribution in [0.5, 0.6) is 0 Å². The topological polar surface area (TPSA) is 69.5 Å². The second-order valence-corrected chi connectivity index (χ2v) is 6.94. The third-order valence-corrected chi connectivity index (χ3v) is 4.92. The molecule has 0 amide bonds. The summed E-state index contributed by atoms with van der Waals surface area (Å²) in [5.74, 6) is 1.37. The minimum atomic E-state index is 0.366. The first-order chi connectivity index (χ1) is 13.2. The highest BCUT2D eigenvalue weighted by molar-refractivity contribution is 5.87. The van der Waals surface area contributed by atoms with Crippen molar-refractivity contribution in [3.63, 3.8) is 0 Å². The van der Waals surface area contributed by atoms with Gasteiger partial charge in [0.2, 0.25) is 0 Å². The van der Waals surface area contributed by atoms with Crippen molar-refractivity contribution in [1.82, 2.24) is 9.97 Å². The van der Waals surface area contributed by atoms with Crippen LogP contribution in [-0.4, -0.2) is 15.8 Å². The fraction of sp³-hybridized carbons (Fsp3) is 0.348. The molecule has 0 saturated heterocycles. The normalized spacial score (nSPS) is 10.8. The minimum Gasteiger partial charge on any atom is -0.342 e. The summed E-state index contributed by atoms with van der Waals surface area (Å²) in [4.78, 5) is 19.2. The summed E-state index contributed by atoms with van der Waals surface area (Å²) < 4.78 is 0. The number of unbranched alkanes of at least 4 members (excludes halogenated alkanes) is 3. The van der Waals surface area contributed by atoms with Crippen molar-refractivity contribution in [2.45, 2.75) is 51.9 Å². The van der Waals surface area contributed by atoms with Crippen LogP contribution in [0.2, 0.25) is 0 Å². The molecule has 3 rings (SSSR count). The standard InChI is InChI=1S/C23H25N3O/c1-2-21(27)7-5-3-4-6-8-23-25-16-22(26-23)20-12-11-18-13-17(15-24)9-10-19(18)14-20/h9-14,16H,2-8H2,1H3,(H,25,26). The number of aryl methyl sites for hydroxylation is 1. The molecule has 4 heteroatoms. The molecule has 0 bridgehead atoms. The van der Waals surface area contributed by atoms with Crippen molar-refractivity contribution in [2.75, 3.05) is 0 Å². The third kappa shape index (κ3) is 5.04. The largest absolute Gasteiger partial charge is 0.342 e. The molecular formula is C23H25N3O. The lowest BCUT2D eigenvalue weighted by Gasteiger charge is -2.03. The van der Waals surface area contributed by atoms with Crippen molar-refractivity contribution in [3.05, 3.63) is 54.0 Å². The predicted molar refractivity (Wildman–Crippen MR) is 108 cm³/mol. The van der Waals surface area contributed by atoms with Gasteiger partial charge in [-0.25, -0.2) is 4.98 Å². The monoisotopic (exact) mass is 359 g/mol. The number of hydrogen-bond acceptors (Lipinski definition) is 3. The summed E-state index contributed by atoms with van der Waals surface area (Å²) in [5, 5.41) is 11.2. The van der Waals surface area contributed by atoms with E-state index in [9.17, 15) is 4.79 Å². The Morgan fingerprint density at radius 2 is 1.85 bits per heavy atom. The number of fused-ring (bicyclic) bond motifs is 1. The van der Waals surface area contributed by atoms with Gasteiger partial charge < -0.3 is 4.98 Å². The molecule has 0 fully saturated rings. The first kappa shape index (κ1) is 18.8. The number of aromatic nitrogens is 2. The number of nitrogens with zero attached hydrogens (tertiary/aromatic N) is 2. The van der Waals surface area contributed by atoms with E-state index in [0.29, 0.717) is 17.8 Å². The summed E-state index contributed by atoms with van der Waals surface area (Å²) in [6.07, 6.45) is 8.52. The highest BCUT2D eigenvalue weighted by atomic mass is 16.1. The summed E-state index contributed by atoms with van der Waals surface area (Å²) >= 11 is 0. The zero-order valence-corrected chi connectivity index (χ0v) is 15.8. The van der Waals surface area contributed by atoms with E-state index in [2.05, 4.69) is 28.2 Å². The van der Waals surface area contributed by atoms with Gasteiger partial charge in [0, 0.05) is 24.8 Å². The summed E-state index contributed by atoms with van der Waals surface area (Å²) in [7, 11) is 0. The first-order valence-electron chi connectivity index (χ1n) is 9.69. The van der Waals surface area contributed by atoms with Gasteiger partial charge in [0.15, 0.2) is 0 Å². The summed E-state index contributed by atoms with van der Waals surface area (Å²) in [6.45, 7) is 1.93. The lowest BCUT2D eigenvalue weighted by atomic mass is 10.0. The second kappa shape index (κ2) is 9.14. The van der Waals surface area contributed by atoms with E-state index in [-0.39, 0.29) is 0 Å². The number of Topliss-reactive ketones (excluding diaryl/α,β-unsaturated/α-hetero) is 1. The van der Waals surface area contributed by atoms with Crippen LogP contribution in [-0.2, 0) is 11.2 Å². The number of imidazole rings is 1. The highest BCUT2D eigenvalue weighted by Crippen LogP contribution is 2.24. The fourth-order valence-corrected chi connectivity index (χ4v) is 3.26. The van der Waals surface area contributed by atoms with Crippen LogP contribution in [0.25, 0.3) is 22.0 Å². The van der Waals surface area contributed by atoms with Crippen LogP contribution in [0.4, 0.5) is 0 Å². The molecule has 27 heavy (non-hydrogen) atoms. The van der Waals surface area contributed by atoms with E-state index >= 15 is 0 Å². The zero-order chi connectivity index (χ0) is 19.1. The number of nitriles is 1. The molecule has 0 unspecified atom stereocenters. The number of carbonyl (C=O) groups excluding carboxylic acids is 1. The number of H-pyrrole nitrogens is 1. The molecule has 0 aliphatic carbocycles. The number of nitrogens with one attached hydrogen (secondary N) is 1. The van der Waals surface area contributed by atoms with E-state index in [1.54, 1.807) is 0 Å². The van der Waals surface area contributed by atoms with Gasteiger partial charge in [-0.3, -0.25) is 4.79 Å². The van der Waals surface area contributed by atoms with Gasteiger partial charge in [0.1, 0.15) is 11.6 Å². The molecule has 0 aliphatic rings. The minimum absolute atomic E-state index is 0.366. The van der Waals surface area contributed by atoms with E-state index < -0.39 is 0 Å². The van der Waals surface area contributed by atoms with Crippen LogP contribution in [0.1, 0.15) is 56.8 Å². The molecule has 0 saturated carbocycles. The number of aromatic amines is 1. The maximum atomic E-state index is 11.3. The van der Waals surface area contributed by atoms with E-state index in [0.717, 1.165) is 66.4 Å². The Hall–Kier alpha value is -2.93. The predicted octanol–water partition coefficient (Wildman–Crippen LogP) is 5.57. The number of carbonyl (C=O) groups is 1. The Bertz CT molecular complexity index is 965. The van der Waals surface area contributed by atoms with E-state index in [1.165, 1.54) is 0 Å². The average molecular weight is 359 g/mol. The van der Waals surface area contributed by atoms with Crippen molar-refractivity contribution in [2.24, 2.45) is 0 Å². The Morgan fingerprint density at radius 1 is 1.07 bits per heavy atom. The molecule has 138 valence electrons. The summed E-state index contributed by atoms with van der Waals surface area (Å²) in [5.41, 5.74) is 2.80. The molecule has 2 aromatic carbocycles. The highest BCUT2D eigenvalue weighted by Gasteiger charge is 2.05. The molecule has 0 aliphatic heterocycles. The van der Waals surface area contributed by atoms with Gasteiger partial charge >= 0.3 is 0 Å². The van der Waals surface area contributed by atoms with Crippen molar-refractivity contribution >= 4 is 16.6 Å². The SMILES string of the molecule is CCC(=O)CCCCCCc1ncc(-c2ccc3cc(C#N)ccc3c2)[nH]1. The van der Waals surface area contributed by atoms with Crippen molar-refractivity contribution in [3.8, 4) is 17.3 Å². The molecule has 0 atom stereocenters. The van der Waals surface area contributed by atoms with Gasteiger partial charge in [-0.1, -0.05) is 38.0 Å². The Labute approximate surface area is 160 Å². The lowest BCUT2D eigenvalue weighted by Crippen LogP contribution is -1.94. The molecule has 1 heterocycles. The van der Waals surface area contributed by atoms with E-state index in [4.69, 9.17) is 5.26 Å². The molecule has 4 nitrogen and oxygen atoms in total. The molecule has 0 spiro atoms. The van der Waals surface area contributed by atoms with Gasteiger partial charge in [0.05, 0.1) is 23.5 Å². The summed E-state index contributed by atoms with van der Waals surface area (Å²) in [6, 6.07) is 14.1. The number of benzene rings is 2. The number of hydrogen-bond donors (Lipinski definition) is 1. The van der Waals surface area contributed by atoms with Crippen molar-refractivity contribution in [1.29, 1.82) is 5.26 Å². The van der Waals surface area contributed by atoms with Crippen LogP contribution in [0.15, 0.2) is 42.6 Å². The maximum Gasteiger partial charge on any atom is 0.132 e. The molecular weight excluding hydrogens is 334 g/mol. The Morgan fingerprint density at radius 3 is 2.67 bits per heavy atom. The lowest BCUT2D eigenvalue weighted by molar-refractivity contribution is -0.118. The quantitative estimate of drug-likeness (QED) is 0.507. The third-order valence-electron chi connectivity index (χ3n) is 4.92. The van der Waals surface area contributed by atoms with Crippen molar-refractivity contribution < 1.29 is 4.79 Å². The number of ketones is 1.